The number of carbonyl (C=O) groups excluding carboxylic acids is 2. The third-order valence-corrected chi connectivity index (χ3v) is 4.73. The van der Waals surface area contributed by atoms with E-state index in [0.717, 1.165) is 16.8 Å². The van der Waals surface area contributed by atoms with Crippen molar-refractivity contribution in [1.29, 1.82) is 0 Å². The molecule has 28 heavy (non-hydrogen) atoms. The van der Waals surface area contributed by atoms with Gasteiger partial charge in [-0.1, -0.05) is 43.7 Å². The van der Waals surface area contributed by atoms with E-state index >= 15 is 0 Å². The third kappa shape index (κ3) is 4.87. The number of morpholine rings is 1. The summed E-state index contributed by atoms with van der Waals surface area (Å²) >= 11 is 0. The number of hydrogen-bond acceptors (Lipinski definition) is 3. The van der Waals surface area contributed by atoms with Gasteiger partial charge in [-0.2, -0.15) is 0 Å². The number of ether oxygens (including phenoxy) is 1. The summed E-state index contributed by atoms with van der Waals surface area (Å²) in [6.45, 7) is 7.39. The van der Waals surface area contributed by atoms with Crippen LogP contribution in [0.15, 0.2) is 54.6 Å². The van der Waals surface area contributed by atoms with Crippen LogP contribution in [-0.2, 0) is 14.3 Å². The zero-order chi connectivity index (χ0) is 20.1. The van der Waals surface area contributed by atoms with Crippen molar-refractivity contribution in [3.8, 4) is 0 Å². The molecule has 5 heteroatoms. The second-order valence-corrected chi connectivity index (χ2v) is 7.25. The molecule has 0 radical (unpaired) electrons. The molecule has 0 bridgehead atoms. The second-order valence-electron chi connectivity index (χ2n) is 7.25. The Bertz CT molecular complexity index is 868. The van der Waals surface area contributed by atoms with Crippen molar-refractivity contribution in [3.63, 3.8) is 0 Å². The molecule has 0 aromatic heterocycles. The molecular formula is C23H26N2O3. The average Bonchev–Trinajstić information content (AvgIpc) is 2.68. The summed E-state index contributed by atoms with van der Waals surface area (Å²) in [4.78, 5) is 26.2. The molecule has 0 atom stereocenters. The van der Waals surface area contributed by atoms with E-state index in [1.165, 1.54) is 5.56 Å². The van der Waals surface area contributed by atoms with E-state index < -0.39 is 0 Å². The lowest BCUT2D eigenvalue weighted by atomic mass is 9.94. The maximum absolute atomic E-state index is 12.5. The molecule has 0 spiro atoms. The molecule has 2 aromatic rings. The summed E-state index contributed by atoms with van der Waals surface area (Å²) in [6.07, 6.45) is 1.66. The largest absolute Gasteiger partial charge is 0.370 e. The Morgan fingerprint density at radius 1 is 1.11 bits per heavy atom. The first kappa shape index (κ1) is 19.8. The Kier molecular flexibility index (Phi) is 6.26. The van der Waals surface area contributed by atoms with Crippen LogP contribution < -0.4 is 10.2 Å². The van der Waals surface area contributed by atoms with Crippen LogP contribution in [0.4, 0.5) is 11.4 Å². The minimum atomic E-state index is -0.167. The van der Waals surface area contributed by atoms with E-state index in [0.29, 0.717) is 18.8 Å². The zero-order valence-corrected chi connectivity index (χ0v) is 16.6. The summed E-state index contributed by atoms with van der Waals surface area (Å²) in [5, 5.41) is 2.91. The lowest BCUT2D eigenvalue weighted by molar-refractivity contribution is -0.125. The van der Waals surface area contributed by atoms with Gasteiger partial charge in [-0.3, -0.25) is 9.59 Å². The number of allylic oxidation sites excluding steroid dienone is 1. The third-order valence-electron chi connectivity index (χ3n) is 4.73. The number of anilines is 2. The molecular weight excluding hydrogens is 352 g/mol. The van der Waals surface area contributed by atoms with Gasteiger partial charge in [0.15, 0.2) is 0 Å². The highest BCUT2D eigenvalue weighted by molar-refractivity contribution is 6.04. The summed E-state index contributed by atoms with van der Waals surface area (Å²) < 4.78 is 5.15. The number of amides is 2. The second kappa shape index (κ2) is 8.85. The van der Waals surface area contributed by atoms with Gasteiger partial charge in [0.1, 0.15) is 6.61 Å². The molecule has 0 aliphatic carbocycles. The van der Waals surface area contributed by atoms with Gasteiger partial charge in [0.2, 0.25) is 5.91 Å². The van der Waals surface area contributed by atoms with Crippen LogP contribution in [0.25, 0.3) is 5.57 Å². The Balaban J connectivity index is 1.71. The summed E-state index contributed by atoms with van der Waals surface area (Å²) in [5.41, 5.74) is 4.74. The number of nitrogens with one attached hydrogen (secondary N) is 1. The maximum Gasteiger partial charge on any atom is 0.253 e. The predicted octanol–water partition coefficient (Wildman–Crippen LogP) is 4.04. The summed E-state index contributed by atoms with van der Waals surface area (Å²) in [5.74, 6) is 0.00767. The van der Waals surface area contributed by atoms with Gasteiger partial charge >= 0.3 is 0 Å². The lowest BCUT2D eigenvalue weighted by Gasteiger charge is -2.26. The number of hydrogen-bond donors (Lipinski definition) is 1. The van der Waals surface area contributed by atoms with E-state index in [9.17, 15) is 9.59 Å². The molecule has 1 aliphatic heterocycles. The quantitative estimate of drug-likeness (QED) is 0.799. The Labute approximate surface area is 166 Å². The van der Waals surface area contributed by atoms with Gasteiger partial charge < -0.3 is 15.0 Å². The van der Waals surface area contributed by atoms with Crippen LogP contribution in [0.5, 0.6) is 0 Å². The average molecular weight is 378 g/mol. The van der Waals surface area contributed by atoms with Gasteiger partial charge in [-0.05, 0) is 48.2 Å². The molecule has 1 heterocycles. The van der Waals surface area contributed by atoms with Crippen LogP contribution in [0.2, 0.25) is 0 Å². The van der Waals surface area contributed by atoms with E-state index in [1.54, 1.807) is 11.0 Å². The van der Waals surface area contributed by atoms with Gasteiger partial charge in [-0.25, -0.2) is 0 Å². The molecule has 0 unspecified atom stereocenters. The van der Waals surface area contributed by atoms with Crippen LogP contribution in [-0.4, -0.2) is 31.6 Å². The van der Waals surface area contributed by atoms with Crippen molar-refractivity contribution >= 4 is 28.8 Å². The highest BCUT2D eigenvalue weighted by atomic mass is 16.5. The molecule has 2 aromatic carbocycles. The fraction of sp³-hybridized carbons (Fsp3) is 0.304. The Morgan fingerprint density at radius 3 is 2.39 bits per heavy atom. The van der Waals surface area contributed by atoms with Crippen molar-refractivity contribution in [2.45, 2.75) is 20.8 Å². The lowest BCUT2D eigenvalue weighted by Crippen LogP contribution is -2.41. The number of benzene rings is 2. The van der Waals surface area contributed by atoms with Gasteiger partial charge in [-0.15, -0.1) is 0 Å². The van der Waals surface area contributed by atoms with E-state index in [2.05, 4.69) is 31.3 Å². The fourth-order valence-electron chi connectivity index (χ4n) is 3.16. The van der Waals surface area contributed by atoms with E-state index in [1.807, 2.05) is 43.3 Å². The Morgan fingerprint density at radius 2 is 1.79 bits per heavy atom. The van der Waals surface area contributed by atoms with E-state index in [-0.39, 0.29) is 24.3 Å². The minimum absolute atomic E-state index is 0.0503. The van der Waals surface area contributed by atoms with Gasteiger partial charge in [0.25, 0.3) is 5.91 Å². The van der Waals surface area contributed by atoms with Crippen molar-refractivity contribution in [2.75, 3.05) is 30.0 Å². The summed E-state index contributed by atoms with van der Waals surface area (Å²) in [6, 6.07) is 15.5. The predicted molar refractivity (Wildman–Crippen MR) is 112 cm³/mol. The molecule has 0 saturated carbocycles. The molecule has 1 saturated heterocycles. The molecule has 3 rings (SSSR count). The number of carbonyl (C=O) groups is 2. The smallest absolute Gasteiger partial charge is 0.253 e. The van der Waals surface area contributed by atoms with Crippen molar-refractivity contribution in [3.05, 3.63) is 65.7 Å². The number of rotatable bonds is 5. The topological polar surface area (TPSA) is 58.6 Å². The monoisotopic (exact) mass is 378 g/mol. The van der Waals surface area contributed by atoms with Crippen molar-refractivity contribution in [2.24, 2.45) is 5.92 Å². The first-order valence-corrected chi connectivity index (χ1v) is 9.52. The number of nitrogens with zero attached hydrogens (tertiary/aromatic N) is 1. The zero-order valence-electron chi connectivity index (χ0n) is 16.6. The molecule has 2 amide bonds. The fourth-order valence-corrected chi connectivity index (χ4v) is 3.16. The molecule has 1 aliphatic rings. The highest BCUT2D eigenvalue weighted by Gasteiger charge is 2.20. The first-order chi connectivity index (χ1) is 13.4. The molecule has 1 fully saturated rings. The van der Waals surface area contributed by atoms with Gasteiger partial charge in [0.05, 0.1) is 6.61 Å². The standard InChI is InChI=1S/C23H26N2O3/c1-16(2)21(18-6-4-17(3)5-7-18)14-22(26)24-19-8-10-20(11-9-19)25-12-13-28-15-23(25)27/h4-11,14,16H,12-13,15H2,1-3H3,(H,24,26)/b21-14+. The first-order valence-electron chi connectivity index (χ1n) is 9.52. The minimum Gasteiger partial charge on any atom is -0.370 e. The SMILES string of the molecule is Cc1ccc(/C(=C/C(=O)Nc2ccc(N3CCOCC3=O)cc2)C(C)C)cc1. The maximum atomic E-state index is 12.5. The van der Waals surface area contributed by atoms with Crippen LogP contribution in [0.1, 0.15) is 25.0 Å². The normalized spacial score (nSPS) is 15.1. The Hall–Kier alpha value is -2.92. The molecule has 146 valence electrons. The molecule has 5 nitrogen and oxygen atoms in total. The molecule has 1 N–H and O–H groups in total. The van der Waals surface area contributed by atoms with Crippen LogP contribution in [0.3, 0.4) is 0 Å². The summed E-state index contributed by atoms with van der Waals surface area (Å²) in [7, 11) is 0. The van der Waals surface area contributed by atoms with E-state index in [4.69, 9.17) is 4.74 Å². The van der Waals surface area contributed by atoms with Crippen LogP contribution in [0, 0.1) is 12.8 Å². The highest BCUT2D eigenvalue weighted by Crippen LogP contribution is 2.24. The number of aryl methyl sites for hydroxylation is 1. The van der Waals surface area contributed by atoms with Crippen LogP contribution >= 0.6 is 0 Å². The van der Waals surface area contributed by atoms with Crippen molar-refractivity contribution < 1.29 is 14.3 Å². The van der Waals surface area contributed by atoms with Gasteiger partial charge in [0, 0.05) is 24.0 Å². The van der Waals surface area contributed by atoms with Crippen molar-refractivity contribution in [1.82, 2.24) is 0 Å².